The molecule has 0 aromatic heterocycles. The Morgan fingerprint density at radius 3 is 2.61 bits per heavy atom. The summed E-state index contributed by atoms with van der Waals surface area (Å²) in [6, 6.07) is 7.74. The van der Waals surface area contributed by atoms with Crippen LogP contribution in [0.1, 0.15) is 24.0 Å². The van der Waals surface area contributed by atoms with Crippen molar-refractivity contribution in [2.75, 3.05) is 14.2 Å². The molecule has 23 heavy (non-hydrogen) atoms. The van der Waals surface area contributed by atoms with Crippen molar-refractivity contribution in [3.63, 3.8) is 0 Å². The monoisotopic (exact) mass is 313 g/mol. The van der Waals surface area contributed by atoms with Crippen LogP contribution in [0.5, 0.6) is 0 Å². The summed E-state index contributed by atoms with van der Waals surface area (Å²) in [7, 11) is 2.69. The molecule has 1 heterocycles. The number of hydrogen-bond acceptors (Lipinski definition) is 5. The van der Waals surface area contributed by atoms with E-state index in [-0.39, 0.29) is 0 Å². The van der Waals surface area contributed by atoms with Gasteiger partial charge in [-0.15, -0.1) is 0 Å². The zero-order valence-electron chi connectivity index (χ0n) is 13.4. The molecular formula is C18H19NO4. The highest BCUT2D eigenvalue weighted by molar-refractivity contribution is 5.96. The molecule has 1 aromatic rings. The first-order chi connectivity index (χ1) is 11.0. The molecule has 0 saturated heterocycles. The summed E-state index contributed by atoms with van der Waals surface area (Å²) in [6.45, 7) is 5.84. The maximum atomic E-state index is 12.7. The molecule has 0 radical (unpaired) electrons. The average Bonchev–Trinajstić information content (AvgIpc) is 2.90. The van der Waals surface area contributed by atoms with Gasteiger partial charge in [-0.25, -0.2) is 4.79 Å². The van der Waals surface area contributed by atoms with Crippen molar-refractivity contribution in [3.05, 3.63) is 58.9 Å². The quantitative estimate of drug-likeness (QED) is 0.847. The first-order valence-corrected chi connectivity index (χ1v) is 7.39. The summed E-state index contributed by atoms with van der Waals surface area (Å²) in [5.74, 6) is -1.30. The number of hydrogen-bond donors (Lipinski definition) is 1. The Morgan fingerprint density at radius 2 is 1.96 bits per heavy atom. The fourth-order valence-corrected chi connectivity index (χ4v) is 3.83. The minimum absolute atomic E-state index is 0.398. The molecule has 2 atom stereocenters. The maximum absolute atomic E-state index is 12.7. The molecule has 3 rings (SSSR count). The Bertz CT molecular complexity index is 749. The summed E-state index contributed by atoms with van der Waals surface area (Å²) < 4.78 is 10.0. The number of ether oxygens (including phenoxy) is 2. The molecule has 1 aromatic carbocycles. The van der Waals surface area contributed by atoms with Gasteiger partial charge in [0.2, 0.25) is 0 Å². The third-order valence-electron chi connectivity index (χ3n) is 4.85. The van der Waals surface area contributed by atoms with Gasteiger partial charge >= 0.3 is 11.9 Å². The van der Waals surface area contributed by atoms with Crippen LogP contribution in [0.3, 0.4) is 0 Å². The van der Waals surface area contributed by atoms with Gasteiger partial charge in [0, 0.05) is 17.3 Å². The van der Waals surface area contributed by atoms with Gasteiger partial charge < -0.3 is 14.8 Å². The standard InChI is InChI=1S/C18H19NO4/c1-10-14(16(20)22-3)15-13-8-6-5-7-12(13)9-18(15,11(2)19-10)17(21)23-4/h5-8,15,19H,2,9H2,1,3-4H3. The highest BCUT2D eigenvalue weighted by atomic mass is 16.5. The van der Waals surface area contributed by atoms with E-state index in [4.69, 9.17) is 9.47 Å². The smallest absolute Gasteiger partial charge is 0.336 e. The van der Waals surface area contributed by atoms with Crippen molar-refractivity contribution >= 4 is 11.9 Å². The zero-order valence-corrected chi connectivity index (χ0v) is 13.4. The second-order valence-electron chi connectivity index (χ2n) is 5.91. The number of allylic oxidation sites excluding steroid dienone is 1. The molecule has 0 amide bonds. The van der Waals surface area contributed by atoms with Crippen molar-refractivity contribution < 1.29 is 19.1 Å². The molecule has 2 unspecified atom stereocenters. The fourth-order valence-electron chi connectivity index (χ4n) is 3.83. The summed E-state index contributed by atoms with van der Waals surface area (Å²) in [4.78, 5) is 25.1. The van der Waals surface area contributed by atoms with Gasteiger partial charge in [-0.05, 0) is 24.5 Å². The zero-order chi connectivity index (χ0) is 16.8. The van der Waals surface area contributed by atoms with Crippen molar-refractivity contribution in [1.82, 2.24) is 5.32 Å². The minimum atomic E-state index is -1.03. The second kappa shape index (κ2) is 5.26. The number of nitrogens with one attached hydrogen (secondary N) is 1. The number of methoxy groups -OCH3 is 2. The summed E-state index contributed by atoms with van der Waals surface area (Å²) >= 11 is 0. The van der Waals surface area contributed by atoms with Crippen LogP contribution in [-0.2, 0) is 25.5 Å². The van der Waals surface area contributed by atoms with E-state index < -0.39 is 23.3 Å². The third-order valence-corrected chi connectivity index (χ3v) is 4.85. The molecule has 0 bridgehead atoms. The number of rotatable bonds is 2. The lowest BCUT2D eigenvalue weighted by atomic mass is 9.67. The normalized spacial score (nSPS) is 25.3. The van der Waals surface area contributed by atoms with Crippen LogP contribution in [0.4, 0.5) is 0 Å². The first kappa shape index (κ1) is 15.3. The number of esters is 2. The molecule has 1 aliphatic carbocycles. The maximum Gasteiger partial charge on any atom is 0.336 e. The topological polar surface area (TPSA) is 64.6 Å². The second-order valence-corrected chi connectivity index (χ2v) is 5.91. The fraction of sp³-hybridized carbons (Fsp3) is 0.333. The van der Waals surface area contributed by atoms with Crippen LogP contribution in [-0.4, -0.2) is 26.2 Å². The molecule has 120 valence electrons. The lowest BCUT2D eigenvalue weighted by Crippen LogP contribution is -2.47. The van der Waals surface area contributed by atoms with E-state index in [1.54, 1.807) is 6.92 Å². The van der Waals surface area contributed by atoms with Crippen LogP contribution >= 0.6 is 0 Å². The van der Waals surface area contributed by atoms with Gasteiger partial charge in [-0.3, -0.25) is 4.79 Å². The van der Waals surface area contributed by atoms with E-state index in [1.807, 2.05) is 24.3 Å². The minimum Gasteiger partial charge on any atom is -0.468 e. The van der Waals surface area contributed by atoms with E-state index in [0.717, 1.165) is 11.1 Å². The van der Waals surface area contributed by atoms with E-state index in [9.17, 15) is 9.59 Å². The SMILES string of the molecule is C=C1NC(C)=C(C(=O)OC)C2c3ccccc3CC12C(=O)OC. The molecule has 0 fully saturated rings. The van der Waals surface area contributed by atoms with Gasteiger partial charge in [0.05, 0.1) is 19.8 Å². The molecule has 5 nitrogen and oxygen atoms in total. The van der Waals surface area contributed by atoms with Crippen LogP contribution in [0.15, 0.2) is 47.8 Å². The van der Waals surface area contributed by atoms with Crippen molar-refractivity contribution in [2.24, 2.45) is 5.41 Å². The van der Waals surface area contributed by atoms with E-state index in [1.165, 1.54) is 14.2 Å². The highest BCUT2D eigenvalue weighted by Gasteiger charge is 2.59. The number of carbonyl (C=O) groups excluding carboxylic acids is 2. The average molecular weight is 313 g/mol. The Morgan fingerprint density at radius 1 is 1.26 bits per heavy atom. The van der Waals surface area contributed by atoms with Crippen molar-refractivity contribution in [2.45, 2.75) is 19.3 Å². The number of carbonyl (C=O) groups is 2. The van der Waals surface area contributed by atoms with Gasteiger partial charge in [-0.2, -0.15) is 0 Å². The Balaban J connectivity index is 2.30. The Kier molecular flexibility index (Phi) is 3.51. The van der Waals surface area contributed by atoms with Crippen molar-refractivity contribution in [3.8, 4) is 0 Å². The molecule has 2 aliphatic rings. The number of fused-ring (bicyclic) bond motifs is 3. The molecule has 0 saturated carbocycles. The lowest BCUT2D eigenvalue weighted by Gasteiger charge is -2.40. The van der Waals surface area contributed by atoms with Crippen LogP contribution < -0.4 is 5.32 Å². The molecule has 5 heteroatoms. The van der Waals surface area contributed by atoms with E-state index in [0.29, 0.717) is 23.4 Å². The Hall–Kier alpha value is -2.56. The molecular weight excluding hydrogens is 294 g/mol. The third kappa shape index (κ3) is 1.92. The van der Waals surface area contributed by atoms with Gasteiger partial charge in [-0.1, -0.05) is 30.8 Å². The predicted octanol–water partition coefficient (Wildman–Crippen LogP) is 2.05. The number of benzene rings is 1. The van der Waals surface area contributed by atoms with Gasteiger partial charge in [0.15, 0.2) is 0 Å². The van der Waals surface area contributed by atoms with Gasteiger partial charge in [0.1, 0.15) is 5.41 Å². The Labute approximate surface area is 135 Å². The molecule has 0 spiro atoms. The van der Waals surface area contributed by atoms with Crippen LogP contribution in [0.2, 0.25) is 0 Å². The molecule has 1 aliphatic heterocycles. The molecule has 1 N–H and O–H groups in total. The summed E-state index contributed by atoms with van der Waals surface area (Å²) in [5.41, 5.74) is 2.60. The summed E-state index contributed by atoms with van der Waals surface area (Å²) in [5, 5.41) is 3.09. The first-order valence-electron chi connectivity index (χ1n) is 7.39. The largest absolute Gasteiger partial charge is 0.468 e. The van der Waals surface area contributed by atoms with Crippen LogP contribution in [0, 0.1) is 5.41 Å². The lowest BCUT2D eigenvalue weighted by molar-refractivity contribution is -0.151. The predicted molar refractivity (Wildman–Crippen MR) is 84.3 cm³/mol. The van der Waals surface area contributed by atoms with Gasteiger partial charge in [0.25, 0.3) is 0 Å². The van der Waals surface area contributed by atoms with E-state index >= 15 is 0 Å². The highest BCUT2D eigenvalue weighted by Crippen LogP contribution is 2.57. The van der Waals surface area contributed by atoms with Crippen LogP contribution in [0.25, 0.3) is 0 Å². The van der Waals surface area contributed by atoms with E-state index in [2.05, 4.69) is 11.9 Å². The summed E-state index contributed by atoms with van der Waals surface area (Å²) in [6.07, 6.45) is 0.445. The van der Waals surface area contributed by atoms with Crippen molar-refractivity contribution in [1.29, 1.82) is 0 Å².